The molecule has 3 aromatic carbocycles. The van der Waals surface area contributed by atoms with E-state index in [4.69, 9.17) is 26.4 Å². The number of benzene rings is 3. The van der Waals surface area contributed by atoms with Gasteiger partial charge in [-0.05, 0) is 60.2 Å². The van der Waals surface area contributed by atoms with E-state index in [1.54, 1.807) is 67.8 Å². The Bertz CT molecular complexity index is 1490. The van der Waals surface area contributed by atoms with Crippen LogP contribution in [0.4, 0.5) is 5.69 Å². The number of aromatic hydroxyl groups is 1. The molecule has 0 saturated carbocycles. The number of ether oxygens (including phenoxy) is 3. The molecule has 12 heteroatoms. The molecule has 4 rings (SSSR count). The van der Waals surface area contributed by atoms with Gasteiger partial charge in [-0.15, -0.1) is 0 Å². The number of phenolic OH excluding ortho intramolecular Hbond substituents is 1. The third-order valence-corrected chi connectivity index (χ3v) is 7.35. The molecule has 0 aromatic heterocycles. The highest BCUT2D eigenvalue weighted by Gasteiger charge is 2.40. The van der Waals surface area contributed by atoms with Gasteiger partial charge in [0.1, 0.15) is 33.4 Å². The molecule has 41 heavy (non-hydrogen) atoms. The second kappa shape index (κ2) is 13.2. The van der Waals surface area contributed by atoms with E-state index in [1.807, 2.05) is 0 Å². The van der Waals surface area contributed by atoms with Gasteiger partial charge in [-0.2, -0.15) is 0 Å². The smallest absolute Gasteiger partial charge is 0.327 e. The van der Waals surface area contributed by atoms with Crippen molar-refractivity contribution in [3.05, 3.63) is 82.8 Å². The van der Waals surface area contributed by atoms with Crippen LogP contribution in [0.25, 0.3) is 6.08 Å². The van der Waals surface area contributed by atoms with Gasteiger partial charge in [0.05, 0.1) is 19.1 Å². The first-order chi connectivity index (χ1) is 19.7. The molecule has 10 nitrogen and oxygen atoms in total. The van der Waals surface area contributed by atoms with Gasteiger partial charge in [0, 0.05) is 23.7 Å². The first kappa shape index (κ1) is 29.4. The fourth-order valence-electron chi connectivity index (χ4n) is 3.95. The Morgan fingerprint density at radius 3 is 2.34 bits per heavy atom. The summed E-state index contributed by atoms with van der Waals surface area (Å²) in [6.07, 6.45) is 1.58. The number of nitrogens with zero attached hydrogens (tertiary/aromatic N) is 1. The van der Waals surface area contributed by atoms with Crippen molar-refractivity contribution in [3.63, 3.8) is 0 Å². The Morgan fingerprint density at radius 1 is 1.02 bits per heavy atom. The number of hydrogen-bond acceptors (Lipinski definition) is 9. The molecule has 1 fully saturated rings. The number of rotatable bonds is 11. The highest BCUT2D eigenvalue weighted by molar-refractivity contribution is 8.26. The van der Waals surface area contributed by atoms with Crippen molar-refractivity contribution in [2.24, 2.45) is 0 Å². The zero-order valence-electron chi connectivity index (χ0n) is 22.0. The molecule has 1 aliphatic heterocycles. The molecule has 1 heterocycles. The monoisotopic (exact) mass is 594 g/mol. The predicted molar refractivity (Wildman–Crippen MR) is 158 cm³/mol. The number of amides is 2. The number of thiocarbonyl (C=S) groups is 1. The number of thioether (sulfide) groups is 1. The lowest BCUT2D eigenvalue weighted by atomic mass is 10.0. The van der Waals surface area contributed by atoms with Crippen molar-refractivity contribution < 1.29 is 38.8 Å². The average molecular weight is 595 g/mol. The molecule has 0 aliphatic carbocycles. The number of hydrogen-bond donors (Lipinski definition) is 3. The van der Waals surface area contributed by atoms with Crippen LogP contribution in [0.2, 0.25) is 0 Å². The van der Waals surface area contributed by atoms with Crippen molar-refractivity contribution in [3.8, 4) is 23.0 Å². The van der Waals surface area contributed by atoms with Crippen LogP contribution in [0.15, 0.2) is 71.6 Å². The van der Waals surface area contributed by atoms with Crippen LogP contribution < -0.4 is 19.5 Å². The van der Waals surface area contributed by atoms with E-state index in [0.717, 1.165) is 16.7 Å². The van der Waals surface area contributed by atoms with Crippen molar-refractivity contribution in [1.29, 1.82) is 0 Å². The number of nitrogens with one attached hydrogen (secondary N) is 1. The molecule has 3 N–H and O–H groups in total. The van der Waals surface area contributed by atoms with Crippen LogP contribution in [-0.2, 0) is 20.8 Å². The molecule has 0 radical (unpaired) electrons. The lowest BCUT2D eigenvalue weighted by Crippen LogP contribution is -2.45. The maximum atomic E-state index is 13.3. The number of carbonyl (C=O) groups is 3. The third kappa shape index (κ3) is 7.35. The molecular formula is C29H26N2O8S2. The molecule has 0 spiro atoms. The van der Waals surface area contributed by atoms with E-state index in [0.29, 0.717) is 34.1 Å². The van der Waals surface area contributed by atoms with E-state index in [2.05, 4.69) is 5.32 Å². The molecular weight excluding hydrogens is 568 g/mol. The zero-order chi connectivity index (χ0) is 29.5. The van der Waals surface area contributed by atoms with E-state index >= 15 is 0 Å². The predicted octanol–water partition coefficient (Wildman–Crippen LogP) is 4.32. The van der Waals surface area contributed by atoms with E-state index < -0.39 is 17.9 Å². The average Bonchev–Trinajstić information content (AvgIpc) is 3.24. The van der Waals surface area contributed by atoms with Crippen LogP contribution in [0.1, 0.15) is 11.1 Å². The highest BCUT2D eigenvalue weighted by Crippen LogP contribution is 2.37. The second-order valence-electron chi connectivity index (χ2n) is 8.75. The van der Waals surface area contributed by atoms with Gasteiger partial charge in [-0.3, -0.25) is 14.5 Å². The van der Waals surface area contributed by atoms with E-state index in [1.165, 1.54) is 19.2 Å². The standard InChI is InChI=1S/C29H26N2O8S2/c1-37-21-11-6-19(7-12-21)30-26(33)16-39-22-10-5-18(24(15-22)38-2)14-25-27(34)31(29(40)41-25)23(28(35)36)13-17-3-8-20(32)9-4-17/h3-12,14-15,23,32H,13,16H2,1-2H3,(H,30,33)(H,35,36)/b25-14-. The normalized spacial score (nSPS) is 14.6. The molecule has 1 saturated heterocycles. The Kier molecular flexibility index (Phi) is 9.48. The Hall–Kier alpha value is -4.55. The minimum Gasteiger partial charge on any atom is -0.508 e. The summed E-state index contributed by atoms with van der Waals surface area (Å²) in [4.78, 5) is 39.0. The van der Waals surface area contributed by atoms with Crippen molar-refractivity contribution in [1.82, 2.24) is 4.90 Å². The van der Waals surface area contributed by atoms with Gasteiger partial charge in [-0.25, -0.2) is 4.79 Å². The van der Waals surface area contributed by atoms with Gasteiger partial charge < -0.3 is 29.7 Å². The number of carboxylic acids is 1. The van der Waals surface area contributed by atoms with Gasteiger partial charge in [0.15, 0.2) is 6.61 Å². The number of phenols is 1. The Morgan fingerprint density at radius 2 is 1.71 bits per heavy atom. The summed E-state index contributed by atoms with van der Waals surface area (Å²) >= 11 is 6.37. The minimum atomic E-state index is -1.22. The summed E-state index contributed by atoms with van der Waals surface area (Å²) < 4.78 is 16.3. The summed E-state index contributed by atoms with van der Waals surface area (Å²) in [6, 6.07) is 16.6. The summed E-state index contributed by atoms with van der Waals surface area (Å²) in [5.41, 5.74) is 1.76. The first-order valence-corrected chi connectivity index (χ1v) is 13.4. The molecule has 2 amide bonds. The molecule has 0 bridgehead atoms. The SMILES string of the molecule is COc1ccc(NC(=O)COc2ccc(/C=C3\SC(=S)N(C(Cc4ccc(O)cc4)C(=O)O)C3=O)c(OC)c2)cc1. The molecule has 212 valence electrons. The fraction of sp³-hybridized carbons (Fsp3) is 0.172. The third-order valence-electron chi connectivity index (χ3n) is 6.02. The summed E-state index contributed by atoms with van der Waals surface area (Å²) in [7, 11) is 3.01. The lowest BCUT2D eigenvalue weighted by Gasteiger charge is -2.23. The summed E-state index contributed by atoms with van der Waals surface area (Å²) in [5, 5.41) is 22.1. The number of carboxylic acid groups (broad SMARTS) is 1. The van der Waals surface area contributed by atoms with Gasteiger partial charge in [-0.1, -0.05) is 36.1 Å². The Balaban J connectivity index is 1.44. The fourth-order valence-corrected chi connectivity index (χ4v) is 5.30. The van der Waals surface area contributed by atoms with Crippen LogP contribution >= 0.6 is 24.0 Å². The highest BCUT2D eigenvalue weighted by atomic mass is 32.2. The zero-order valence-corrected chi connectivity index (χ0v) is 23.7. The largest absolute Gasteiger partial charge is 0.508 e. The number of anilines is 1. The van der Waals surface area contributed by atoms with Crippen LogP contribution in [0.3, 0.4) is 0 Å². The van der Waals surface area contributed by atoms with Crippen molar-refractivity contribution >= 4 is 57.8 Å². The van der Waals surface area contributed by atoms with Gasteiger partial charge in [0.25, 0.3) is 11.8 Å². The van der Waals surface area contributed by atoms with Crippen LogP contribution in [0, 0.1) is 0 Å². The first-order valence-electron chi connectivity index (χ1n) is 12.2. The summed E-state index contributed by atoms with van der Waals surface area (Å²) in [5.74, 6) is -0.629. The molecule has 1 aliphatic rings. The maximum Gasteiger partial charge on any atom is 0.327 e. The topological polar surface area (TPSA) is 135 Å². The van der Waals surface area contributed by atoms with Gasteiger partial charge in [0.2, 0.25) is 0 Å². The molecule has 1 unspecified atom stereocenters. The van der Waals surface area contributed by atoms with Crippen LogP contribution in [0.5, 0.6) is 23.0 Å². The van der Waals surface area contributed by atoms with Crippen molar-refractivity contribution in [2.75, 3.05) is 26.1 Å². The quantitative estimate of drug-likeness (QED) is 0.218. The van der Waals surface area contributed by atoms with Gasteiger partial charge >= 0.3 is 5.97 Å². The second-order valence-corrected chi connectivity index (χ2v) is 10.4. The van der Waals surface area contributed by atoms with Crippen molar-refractivity contribution in [2.45, 2.75) is 12.5 Å². The number of methoxy groups -OCH3 is 2. The minimum absolute atomic E-state index is 0.0106. The molecule has 3 aromatic rings. The lowest BCUT2D eigenvalue weighted by molar-refractivity contribution is -0.145. The number of aliphatic carboxylic acids is 1. The van der Waals surface area contributed by atoms with Crippen LogP contribution in [-0.4, -0.2) is 64.1 Å². The number of carbonyl (C=O) groups excluding carboxylic acids is 2. The van der Waals surface area contributed by atoms with E-state index in [-0.39, 0.29) is 33.9 Å². The maximum absolute atomic E-state index is 13.3. The summed E-state index contributed by atoms with van der Waals surface area (Å²) in [6.45, 7) is -0.245. The Labute approximate surface area is 245 Å². The van der Waals surface area contributed by atoms with E-state index in [9.17, 15) is 24.6 Å². The molecule has 1 atom stereocenters.